The summed E-state index contributed by atoms with van der Waals surface area (Å²) in [5.41, 5.74) is 2.26. The second-order valence-corrected chi connectivity index (χ2v) is 5.60. The highest BCUT2D eigenvalue weighted by Gasteiger charge is 2.30. The summed E-state index contributed by atoms with van der Waals surface area (Å²) in [6.07, 6.45) is 2.77. The van der Waals surface area contributed by atoms with Crippen LogP contribution in [0.25, 0.3) is 0 Å². The van der Waals surface area contributed by atoms with E-state index in [1.165, 1.54) is 5.56 Å². The van der Waals surface area contributed by atoms with Gasteiger partial charge in [-0.15, -0.1) is 0 Å². The Morgan fingerprint density at radius 2 is 1.85 bits per heavy atom. The van der Waals surface area contributed by atoms with Crippen LogP contribution in [-0.2, 0) is 16.1 Å². The van der Waals surface area contributed by atoms with Crippen molar-refractivity contribution in [3.05, 3.63) is 35.4 Å². The zero-order valence-electron chi connectivity index (χ0n) is 11.8. The molecule has 0 aromatic heterocycles. The standard InChI is InChI=1S/C16H21NO3/c1-11-5-7-12(8-6-11)10-17-15(18)13-3-2-4-14(9-13)16(19)20/h5-8,13-14H,2-4,9-10H2,1H3,(H,17,18)(H,19,20)/t13-,14+/m1/s1. The summed E-state index contributed by atoms with van der Waals surface area (Å²) in [6, 6.07) is 8.03. The third-order valence-corrected chi connectivity index (χ3v) is 3.98. The molecule has 0 saturated heterocycles. The molecule has 0 heterocycles. The van der Waals surface area contributed by atoms with Crippen molar-refractivity contribution < 1.29 is 14.7 Å². The minimum atomic E-state index is -0.777. The molecule has 2 rings (SSSR count). The summed E-state index contributed by atoms with van der Waals surface area (Å²) < 4.78 is 0. The van der Waals surface area contributed by atoms with E-state index in [0.29, 0.717) is 19.4 Å². The number of carboxylic acids is 1. The van der Waals surface area contributed by atoms with Crippen molar-refractivity contribution in [2.45, 2.75) is 39.2 Å². The van der Waals surface area contributed by atoms with Crippen LogP contribution in [0, 0.1) is 18.8 Å². The van der Waals surface area contributed by atoms with Crippen LogP contribution in [0.1, 0.15) is 36.8 Å². The second kappa shape index (κ2) is 6.55. The van der Waals surface area contributed by atoms with E-state index in [9.17, 15) is 9.59 Å². The number of amides is 1. The third kappa shape index (κ3) is 3.83. The molecule has 1 fully saturated rings. The predicted molar refractivity (Wildman–Crippen MR) is 76.1 cm³/mol. The molecule has 0 bridgehead atoms. The predicted octanol–water partition coefficient (Wildman–Crippen LogP) is 2.50. The van der Waals surface area contributed by atoms with Gasteiger partial charge in [-0.1, -0.05) is 36.2 Å². The van der Waals surface area contributed by atoms with Crippen LogP contribution >= 0.6 is 0 Å². The summed E-state index contributed by atoms with van der Waals surface area (Å²) in [6.45, 7) is 2.53. The molecule has 0 radical (unpaired) electrons. The maximum Gasteiger partial charge on any atom is 0.306 e. The molecule has 2 N–H and O–H groups in total. The van der Waals surface area contributed by atoms with Crippen LogP contribution in [-0.4, -0.2) is 17.0 Å². The van der Waals surface area contributed by atoms with Crippen molar-refractivity contribution >= 4 is 11.9 Å². The lowest BCUT2D eigenvalue weighted by Crippen LogP contribution is -2.35. The Morgan fingerprint density at radius 1 is 1.20 bits per heavy atom. The van der Waals surface area contributed by atoms with Crippen LogP contribution in [0.4, 0.5) is 0 Å². The molecule has 4 heteroatoms. The average Bonchev–Trinajstić information content (AvgIpc) is 2.46. The molecule has 1 amide bonds. The average molecular weight is 275 g/mol. The Morgan fingerprint density at radius 3 is 2.50 bits per heavy atom. The van der Waals surface area contributed by atoms with Crippen molar-refractivity contribution in [2.75, 3.05) is 0 Å². The number of carbonyl (C=O) groups excluding carboxylic acids is 1. The SMILES string of the molecule is Cc1ccc(CNC(=O)[C@@H]2CCC[C@H](C(=O)O)C2)cc1. The fraction of sp³-hybridized carbons (Fsp3) is 0.500. The third-order valence-electron chi connectivity index (χ3n) is 3.98. The number of carboxylic acid groups (broad SMARTS) is 1. The van der Waals surface area contributed by atoms with E-state index in [1.54, 1.807) is 0 Å². The molecule has 1 aromatic rings. The molecule has 0 spiro atoms. The van der Waals surface area contributed by atoms with E-state index < -0.39 is 5.97 Å². The second-order valence-electron chi connectivity index (χ2n) is 5.60. The molecule has 1 saturated carbocycles. The monoisotopic (exact) mass is 275 g/mol. The minimum absolute atomic E-state index is 0.0171. The van der Waals surface area contributed by atoms with Crippen molar-refractivity contribution in [1.29, 1.82) is 0 Å². The molecule has 0 aliphatic heterocycles. The number of rotatable bonds is 4. The first-order valence-corrected chi connectivity index (χ1v) is 7.12. The Hall–Kier alpha value is -1.84. The first-order chi connectivity index (χ1) is 9.56. The molecule has 1 aliphatic rings. The largest absolute Gasteiger partial charge is 0.481 e. The summed E-state index contributed by atoms with van der Waals surface area (Å²) in [5, 5.41) is 12.0. The molecular weight excluding hydrogens is 254 g/mol. The minimum Gasteiger partial charge on any atom is -0.481 e. The molecule has 108 valence electrons. The highest BCUT2D eigenvalue weighted by Crippen LogP contribution is 2.29. The lowest BCUT2D eigenvalue weighted by Gasteiger charge is -2.25. The van der Waals surface area contributed by atoms with Gasteiger partial charge in [0.05, 0.1) is 5.92 Å². The van der Waals surface area contributed by atoms with Gasteiger partial charge in [0.15, 0.2) is 0 Å². The lowest BCUT2D eigenvalue weighted by molar-refractivity contribution is -0.144. The van der Waals surface area contributed by atoms with E-state index in [1.807, 2.05) is 31.2 Å². The van der Waals surface area contributed by atoms with E-state index in [4.69, 9.17) is 5.11 Å². The molecule has 4 nitrogen and oxygen atoms in total. The van der Waals surface area contributed by atoms with Gasteiger partial charge in [0, 0.05) is 12.5 Å². The van der Waals surface area contributed by atoms with E-state index in [0.717, 1.165) is 18.4 Å². The highest BCUT2D eigenvalue weighted by atomic mass is 16.4. The van der Waals surface area contributed by atoms with Crippen LogP contribution in [0.15, 0.2) is 24.3 Å². The van der Waals surface area contributed by atoms with Crippen LogP contribution in [0.2, 0.25) is 0 Å². The van der Waals surface area contributed by atoms with Gasteiger partial charge in [0.25, 0.3) is 0 Å². The number of aliphatic carboxylic acids is 1. The van der Waals surface area contributed by atoms with Gasteiger partial charge in [0.2, 0.25) is 5.91 Å². The molecule has 2 atom stereocenters. The summed E-state index contributed by atoms with van der Waals surface area (Å²) in [4.78, 5) is 23.1. The summed E-state index contributed by atoms with van der Waals surface area (Å²) in [7, 11) is 0. The topological polar surface area (TPSA) is 66.4 Å². The fourth-order valence-electron chi connectivity index (χ4n) is 2.69. The van der Waals surface area contributed by atoms with Crippen LogP contribution < -0.4 is 5.32 Å². The lowest BCUT2D eigenvalue weighted by atomic mass is 9.81. The zero-order valence-corrected chi connectivity index (χ0v) is 11.8. The number of carbonyl (C=O) groups is 2. The first kappa shape index (κ1) is 14.6. The van der Waals surface area contributed by atoms with E-state index in [-0.39, 0.29) is 17.7 Å². The number of aryl methyl sites for hydroxylation is 1. The van der Waals surface area contributed by atoms with E-state index >= 15 is 0 Å². The quantitative estimate of drug-likeness (QED) is 0.887. The zero-order chi connectivity index (χ0) is 14.5. The molecule has 20 heavy (non-hydrogen) atoms. The Kier molecular flexibility index (Phi) is 4.77. The van der Waals surface area contributed by atoms with E-state index in [2.05, 4.69) is 5.32 Å². The Balaban J connectivity index is 1.85. The maximum atomic E-state index is 12.1. The summed E-state index contributed by atoms with van der Waals surface area (Å²) >= 11 is 0. The smallest absolute Gasteiger partial charge is 0.306 e. The van der Waals surface area contributed by atoms with Crippen molar-refractivity contribution in [2.24, 2.45) is 11.8 Å². The maximum absolute atomic E-state index is 12.1. The van der Waals surface area contributed by atoms with Gasteiger partial charge in [-0.05, 0) is 31.7 Å². The Labute approximate surface area is 119 Å². The normalized spacial score (nSPS) is 22.2. The van der Waals surface area contributed by atoms with Crippen molar-refractivity contribution in [1.82, 2.24) is 5.32 Å². The van der Waals surface area contributed by atoms with Gasteiger partial charge in [0.1, 0.15) is 0 Å². The van der Waals surface area contributed by atoms with Crippen LogP contribution in [0.3, 0.4) is 0 Å². The van der Waals surface area contributed by atoms with Gasteiger partial charge in [-0.25, -0.2) is 0 Å². The van der Waals surface area contributed by atoms with Crippen LogP contribution in [0.5, 0.6) is 0 Å². The van der Waals surface area contributed by atoms with Crippen molar-refractivity contribution in [3.63, 3.8) is 0 Å². The number of hydrogen-bond acceptors (Lipinski definition) is 2. The highest BCUT2D eigenvalue weighted by molar-refractivity contribution is 5.80. The van der Waals surface area contributed by atoms with Gasteiger partial charge in [-0.3, -0.25) is 9.59 Å². The van der Waals surface area contributed by atoms with Gasteiger partial charge < -0.3 is 10.4 Å². The number of benzene rings is 1. The Bertz CT molecular complexity index is 481. The fourth-order valence-corrected chi connectivity index (χ4v) is 2.69. The van der Waals surface area contributed by atoms with Gasteiger partial charge in [-0.2, -0.15) is 0 Å². The molecule has 1 aromatic carbocycles. The van der Waals surface area contributed by atoms with Gasteiger partial charge >= 0.3 is 5.97 Å². The number of nitrogens with one attached hydrogen (secondary N) is 1. The molecule has 1 aliphatic carbocycles. The molecular formula is C16H21NO3. The van der Waals surface area contributed by atoms with Crippen molar-refractivity contribution in [3.8, 4) is 0 Å². The summed E-state index contributed by atoms with van der Waals surface area (Å²) in [5.74, 6) is -1.31. The first-order valence-electron chi connectivity index (χ1n) is 7.12. The molecule has 0 unspecified atom stereocenters. The number of hydrogen-bond donors (Lipinski definition) is 2.